The standard InChI is InChI=1S/C12H15ClN2O2/c1-14(2)6-3-7-15-10-8-9(13)4-5-11(10)17-12(15)16/h4-5,8H,3,6-7H2,1-2H3. The molecular weight excluding hydrogens is 240 g/mol. The number of aromatic nitrogens is 1. The topological polar surface area (TPSA) is 38.4 Å². The Bertz CT molecular complexity index is 571. The minimum absolute atomic E-state index is 0.318. The molecule has 0 aliphatic carbocycles. The Hall–Kier alpha value is -1.26. The number of hydrogen-bond donors (Lipinski definition) is 0. The van der Waals surface area contributed by atoms with E-state index in [1.165, 1.54) is 0 Å². The fourth-order valence-electron chi connectivity index (χ4n) is 1.79. The lowest BCUT2D eigenvalue weighted by Gasteiger charge is -2.08. The average Bonchev–Trinajstić information content (AvgIpc) is 2.55. The Morgan fingerprint density at radius 1 is 1.41 bits per heavy atom. The number of benzene rings is 1. The second-order valence-electron chi connectivity index (χ2n) is 4.29. The van der Waals surface area contributed by atoms with Gasteiger partial charge in [0, 0.05) is 11.6 Å². The molecule has 1 aromatic heterocycles. The minimum atomic E-state index is -0.318. The van der Waals surface area contributed by atoms with E-state index in [0.29, 0.717) is 17.2 Å². The van der Waals surface area contributed by atoms with Crippen molar-refractivity contribution in [3.8, 4) is 0 Å². The first kappa shape index (κ1) is 12.2. The van der Waals surface area contributed by atoms with Gasteiger partial charge in [-0.1, -0.05) is 11.6 Å². The van der Waals surface area contributed by atoms with Gasteiger partial charge >= 0.3 is 5.76 Å². The summed E-state index contributed by atoms with van der Waals surface area (Å²) in [6, 6.07) is 5.20. The van der Waals surface area contributed by atoms with E-state index < -0.39 is 0 Å². The summed E-state index contributed by atoms with van der Waals surface area (Å²) in [7, 11) is 4.01. The van der Waals surface area contributed by atoms with Crippen LogP contribution in [0.1, 0.15) is 6.42 Å². The van der Waals surface area contributed by atoms with Crippen LogP contribution in [0.4, 0.5) is 0 Å². The molecule has 0 N–H and O–H groups in total. The van der Waals surface area contributed by atoms with Crippen molar-refractivity contribution in [3.05, 3.63) is 33.8 Å². The Kier molecular flexibility index (Phi) is 3.54. The molecule has 0 saturated heterocycles. The number of nitrogens with zero attached hydrogens (tertiary/aromatic N) is 2. The van der Waals surface area contributed by atoms with Crippen molar-refractivity contribution in [2.75, 3.05) is 20.6 Å². The van der Waals surface area contributed by atoms with E-state index in [-0.39, 0.29) is 5.76 Å². The molecule has 2 aromatic rings. The number of aryl methyl sites for hydroxylation is 1. The van der Waals surface area contributed by atoms with Crippen LogP contribution in [0.5, 0.6) is 0 Å². The maximum absolute atomic E-state index is 11.7. The number of fused-ring (bicyclic) bond motifs is 1. The van der Waals surface area contributed by atoms with Gasteiger partial charge in [0.15, 0.2) is 5.58 Å². The van der Waals surface area contributed by atoms with Crippen molar-refractivity contribution in [1.29, 1.82) is 0 Å². The molecule has 2 rings (SSSR count). The van der Waals surface area contributed by atoms with Gasteiger partial charge in [0.05, 0.1) is 5.52 Å². The van der Waals surface area contributed by atoms with Gasteiger partial charge in [-0.15, -0.1) is 0 Å². The van der Waals surface area contributed by atoms with Crippen LogP contribution in [-0.4, -0.2) is 30.1 Å². The van der Waals surface area contributed by atoms with E-state index in [1.807, 2.05) is 14.1 Å². The third-order valence-electron chi connectivity index (χ3n) is 2.62. The second-order valence-corrected chi connectivity index (χ2v) is 4.72. The van der Waals surface area contributed by atoms with E-state index in [2.05, 4.69) is 4.90 Å². The van der Waals surface area contributed by atoms with Gasteiger partial charge in [-0.25, -0.2) is 4.79 Å². The van der Waals surface area contributed by atoms with Crippen molar-refractivity contribution in [2.45, 2.75) is 13.0 Å². The summed E-state index contributed by atoms with van der Waals surface area (Å²) in [5, 5.41) is 0.611. The number of oxazole rings is 1. The molecule has 0 unspecified atom stereocenters. The predicted octanol–water partition coefficient (Wildman–Crippen LogP) is 2.20. The first-order chi connectivity index (χ1) is 8.08. The third kappa shape index (κ3) is 2.70. The summed E-state index contributed by atoms with van der Waals surface area (Å²) in [6.45, 7) is 1.57. The normalized spacial score (nSPS) is 11.5. The van der Waals surface area contributed by atoms with Crippen LogP contribution < -0.4 is 5.76 Å². The first-order valence-corrected chi connectivity index (χ1v) is 5.89. The highest BCUT2D eigenvalue weighted by atomic mass is 35.5. The molecule has 0 aliphatic rings. The maximum Gasteiger partial charge on any atom is 0.419 e. The van der Waals surface area contributed by atoms with Crippen LogP contribution in [-0.2, 0) is 6.54 Å². The molecule has 0 amide bonds. The molecule has 0 aliphatic heterocycles. The molecule has 1 aromatic carbocycles. The summed E-state index contributed by atoms with van der Waals surface area (Å²) in [6.07, 6.45) is 0.897. The number of rotatable bonds is 4. The molecule has 92 valence electrons. The lowest BCUT2D eigenvalue weighted by molar-refractivity contribution is 0.381. The van der Waals surface area contributed by atoms with E-state index in [0.717, 1.165) is 18.5 Å². The SMILES string of the molecule is CN(C)CCCn1c(=O)oc2ccc(Cl)cc21. The van der Waals surface area contributed by atoms with Crippen molar-refractivity contribution in [3.63, 3.8) is 0 Å². The number of hydrogen-bond acceptors (Lipinski definition) is 3. The van der Waals surface area contributed by atoms with Crippen molar-refractivity contribution in [1.82, 2.24) is 9.47 Å². The van der Waals surface area contributed by atoms with Crippen molar-refractivity contribution >= 4 is 22.7 Å². The molecule has 0 radical (unpaired) electrons. The van der Waals surface area contributed by atoms with E-state index in [4.69, 9.17) is 16.0 Å². The van der Waals surface area contributed by atoms with Crippen molar-refractivity contribution in [2.24, 2.45) is 0 Å². The van der Waals surface area contributed by atoms with Crippen LogP contribution in [0.25, 0.3) is 11.1 Å². The molecule has 0 fully saturated rings. The van der Waals surface area contributed by atoms with Crippen molar-refractivity contribution < 1.29 is 4.42 Å². The molecular formula is C12H15ClN2O2. The largest absolute Gasteiger partial charge is 0.419 e. The quantitative estimate of drug-likeness (QED) is 0.840. The highest BCUT2D eigenvalue weighted by molar-refractivity contribution is 6.31. The lowest BCUT2D eigenvalue weighted by Crippen LogP contribution is -2.19. The van der Waals surface area contributed by atoms with E-state index >= 15 is 0 Å². The van der Waals surface area contributed by atoms with Gasteiger partial charge in [0.1, 0.15) is 0 Å². The zero-order valence-corrected chi connectivity index (χ0v) is 10.7. The summed E-state index contributed by atoms with van der Waals surface area (Å²) in [5.41, 5.74) is 1.35. The molecule has 0 spiro atoms. The fourth-order valence-corrected chi connectivity index (χ4v) is 1.96. The summed E-state index contributed by atoms with van der Waals surface area (Å²) < 4.78 is 6.78. The second kappa shape index (κ2) is 4.94. The van der Waals surface area contributed by atoms with Gasteiger partial charge in [-0.3, -0.25) is 4.57 Å². The molecule has 5 heteroatoms. The zero-order valence-electron chi connectivity index (χ0n) is 9.94. The number of halogens is 1. The van der Waals surface area contributed by atoms with Gasteiger partial charge in [0.25, 0.3) is 0 Å². The van der Waals surface area contributed by atoms with Crippen LogP contribution in [0.15, 0.2) is 27.4 Å². The average molecular weight is 255 g/mol. The Morgan fingerprint density at radius 3 is 2.88 bits per heavy atom. The minimum Gasteiger partial charge on any atom is -0.408 e. The van der Waals surface area contributed by atoms with Crippen LogP contribution >= 0.6 is 11.6 Å². The molecule has 17 heavy (non-hydrogen) atoms. The van der Waals surface area contributed by atoms with E-state index in [9.17, 15) is 4.79 Å². The zero-order chi connectivity index (χ0) is 12.4. The smallest absolute Gasteiger partial charge is 0.408 e. The molecule has 0 saturated carbocycles. The first-order valence-electron chi connectivity index (χ1n) is 5.51. The lowest BCUT2D eigenvalue weighted by atomic mass is 10.3. The Labute approximate surface area is 104 Å². The van der Waals surface area contributed by atoms with Crippen LogP contribution in [0, 0.1) is 0 Å². The third-order valence-corrected chi connectivity index (χ3v) is 2.85. The van der Waals surface area contributed by atoms with Gasteiger partial charge < -0.3 is 9.32 Å². The van der Waals surface area contributed by atoms with Gasteiger partial charge in [-0.05, 0) is 45.3 Å². The Morgan fingerprint density at radius 2 is 2.18 bits per heavy atom. The molecule has 0 bridgehead atoms. The van der Waals surface area contributed by atoms with Crippen LogP contribution in [0.2, 0.25) is 5.02 Å². The molecule has 1 heterocycles. The monoisotopic (exact) mass is 254 g/mol. The highest BCUT2D eigenvalue weighted by Crippen LogP contribution is 2.18. The molecule has 0 atom stereocenters. The highest BCUT2D eigenvalue weighted by Gasteiger charge is 2.09. The van der Waals surface area contributed by atoms with Crippen LogP contribution in [0.3, 0.4) is 0 Å². The van der Waals surface area contributed by atoms with Gasteiger partial charge in [0.2, 0.25) is 0 Å². The summed E-state index contributed by atoms with van der Waals surface area (Å²) in [4.78, 5) is 13.7. The fraction of sp³-hybridized carbons (Fsp3) is 0.417. The summed E-state index contributed by atoms with van der Waals surface area (Å²) >= 11 is 5.92. The predicted molar refractivity (Wildman–Crippen MR) is 68.7 cm³/mol. The molecule has 4 nitrogen and oxygen atoms in total. The van der Waals surface area contributed by atoms with E-state index in [1.54, 1.807) is 22.8 Å². The summed E-state index contributed by atoms with van der Waals surface area (Å²) in [5.74, 6) is -0.318. The maximum atomic E-state index is 11.7. The Balaban J connectivity index is 2.29. The van der Waals surface area contributed by atoms with Gasteiger partial charge in [-0.2, -0.15) is 0 Å².